The van der Waals surface area contributed by atoms with E-state index in [1.807, 2.05) is 0 Å². The monoisotopic (exact) mass is 504 g/mol. The first-order chi connectivity index (χ1) is 16.7. The van der Waals surface area contributed by atoms with Gasteiger partial charge in [0.2, 0.25) is 0 Å². The van der Waals surface area contributed by atoms with E-state index in [9.17, 15) is 23.2 Å². The zero-order valence-electron chi connectivity index (χ0n) is 19.3. The fraction of sp³-hybridized carbons (Fsp3) is 0.444. The molecule has 4 nitrogen and oxygen atoms in total. The lowest BCUT2D eigenvalue weighted by Gasteiger charge is -2.33. The molecular weight excluding hydrogens is 477 g/mol. The van der Waals surface area contributed by atoms with Crippen molar-refractivity contribution >= 4 is 22.5 Å². The topological polar surface area (TPSA) is 45.5 Å². The third-order valence-electron chi connectivity index (χ3n) is 7.59. The molecule has 35 heavy (non-hydrogen) atoms. The summed E-state index contributed by atoms with van der Waals surface area (Å²) in [6.07, 6.45) is 0.771. The quantitative estimate of drug-likeness (QED) is 0.398. The van der Waals surface area contributed by atoms with Crippen LogP contribution in [0.1, 0.15) is 66.3 Å². The van der Waals surface area contributed by atoms with Crippen LogP contribution in [0.5, 0.6) is 0 Å². The maximum Gasteiger partial charge on any atom is 0.416 e. The molecule has 2 aromatic carbocycles. The summed E-state index contributed by atoms with van der Waals surface area (Å²) in [4.78, 5) is 16.0. The molecule has 2 atom stereocenters. The summed E-state index contributed by atoms with van der Waals surface area (Å²) in [5.74, 6) is -0.188. The number of likely N-dealkylation sites (tertiary alicyclic amines) is 1. The first kappa shape index (κ1) is 24.2. The summed E-state index contributed by atoms with van der Waals surface area (Å²) in [5, 5.41) is 11.9. The number of fused-ring (bicyclic) bond motifs is 2. The molecule has 1 aliphatic heterocycles. The molecule has 2 aliphatic rings. The average Bonchev–Trinajstić information content (AvgIpc) is 3.35. The highest BCUT2D eigenvalue weighted by Crippen LogP contribution is 2.42. The molecule has 0 radical (unpaired) electrons. The number of benzene rings is 2. The van der Waals surface area contributed by atoms with Gasteiger partial charge in [-0.05, 0) is 106 Å². The van der Waals surface area contributed by atoms with Crippen molar-refractivity contribution in [1.82, 2.24) is 9.63 Å². The summed E-state index contributed by atoms with van der Waals surface area (Å²) in [5.41, 5.74) is 1.55. The normalized spacial score (nSPS) is 20.9. The van der Waals surface area contributed by atoms with E-state index in [-0.39, 0.29) is 17.3 Å². The van der Waals surface area contributed by atoms with Gasteiger partial charge in [0.15, 0.2) is 5.43 Å². The minimum absolute atomic E-state index is 0.0934. The van der Waals surface area contributed by atoms with Crippen LogP contribution >= 0.6 is 11.6 Å². The van der Waals surface area contributed by atoms with Crippen LogP contribution in [0.25, 0.3) is 10.9 Å². The number of pyridine rings is 1. The third-order valence-corrected chi connectivity index (χ3v) is 7.83. The second-order valence-electron chi connectivity index (χ2n) is 9.81. The molecule has 8 heteroatoms. The van der Waals surface area contributed by atoms with Crippen LogP contribution in [0.3, 0.4) is 0 Å². The highest BCUT2D eigenvalue weighted by Gasteiger charge is 2.34. The molecule has 5 rings (SSSR count). The highest BCUT2D eigenvalue weighted by atomic mass is 35.5. The molecule has 0 amide bonds. The minimum atomic E-state index is -4.39. The van der Waals surface area contributed by atoms with Crippen LogP contribution < -0.4 is 5.43 Å². The van der Waals surface area contributed by atoms with E-state index in [0.29, 0.717) is 40.0 Å². The number of nitrogens with zero attached hydrogens (tertiary/aromatic N) is 2. The van der Waals surface area contributed by atoms with Crippen LogP contribution in [0.2, 0.25) is 5.02 Å². The molecule has 0 bridgehead atoms. The molecule has 1 aromatic heterocycles. The van der Waals surface area contributed by atoms with Crippen LogP contribution in [0.15, 0.2) is 47.3 Å². The lowest BCUT2D eigenvalue weighted by Crippen LogP contribution is -2.30. The number of hydrogen-bond acceptors (Lipinski definition) is 3. The molecule has 186 valence electrons. The van der Waals surface area contributed by atoms with Gasteiger partial charge in [0.05, 0.1) is 22.2 Å². The SMILES string of the molecule is O=c1c2c(n(O)c3ccc(Cl)cc13)CC(c1ccc(C(F)(F)F)cc1)CC2CCCN1CCCC1. The number of aromatic nitrogens is 1. The zero-order valence-corrected chi connectivity index (χ0v) is 20.1. The fourth-order valence-corrected chi connectivity index (χ4v) is 6.01. The van der Waals surface area contributed by atoms with Crippen molar-refractivity contribution in [3.05, 3.63) is 80.1 Å². The van der Waals surface area contributed by atoms with Crippen molar-refractivity contribution in [2.75, 3.05) is 19.6 Å². The molecule has 3 aromatic rings. The van der Waals surface area contributed by atoms with E-state index in [1.54, 1.807) is 18.2 Å². The van der Waals surface area contributed by atoms with Gasteiger partial charge >= 0.3 is 6.18 Å². The molecule has 1 aliphatic carbocycles. The third kappa shape index (κ3) is 4.81. The summed E-state index contributed by atoms with van der Waals surface area (Å²) in [7, 11) is 0. The Balaban J connectivity index is 1.52. The van der Waals surface area contributed by atoms with Crippen LogP contribution in [-0.2, 0) is 12.6 Å². The maximum atomic E-state index is 13.6. The van der Waals surface area contributed by atoms with Crippen molar-refractivity contribution in [3.63, 3.8) is 0 Å². The number of halogens is 4. The van der Waals surface area contributed by atoms with Crippen LogP contribution in [-0.4, -0.2) is 34.5 Å². The smallest absolute Gasteiger partial charge is 0.416 e. The molecule has 0 saturated carbocycles. The van der Waals surface area contributed by atoms with Gasteiger partial charge in [-0.2, -0.15) is 17.9 Å². The van der Waals surface area contributed by atoms with Gasteiger partial charge in [0, 0.05) is 10.6 Å². The Bertz CT molecular complexity index is 1280. The average molecular weight is 505 g/mol. The number of hydrogen-bond donors (Lipinski definition) is 1. The first-order valence-corrected chi connectivity index (χ1v) is 12.6. The summed E-state index contributed by atoms with van der Waals surface area (Å²) >= 11 is 6.15. The van der Waals surface area contributed by atoms with E-state index in [1.165, 1.54) is 25.0 Å². The zero-order chi connectivity index (χ0) is 24.7. The Morgan fingerprint density at radius 2 is 1.77 bits per heavy atom. The van der Waals surface area contributed by atoms with Crippen molar-refractivity contribution < 1.29 is 18.4 Å². The van der Waals surface area contributed by atoms with Crippen molar-refractivity contribution in [3.8, 4) is 0 Å². The van der Waals surface area contributed by atoms with Gasteiger partial charge in [0.25, 0.3) is 0 Å². The van der Waals surface area contributed by atoms with Gasteiger partial charge in [0.1, 0.15) is 0 Å². The van der Waals surface area contributed by atoms with E-state index in [0.717, 1.165) is 54.9 Å². The molecule has 1 fully saturated rings. The molecular formula is C27H28ClF3N2O2. The van der Waals surface area contributed by atoms with Crippen LogP contribution in [0, 0.1) is 0 Å². The second-order valence-corrected chi connectivity index (χ2v) is 10.2. The molecule has 2 unspecified atom stereocenters. The Kier molecular flexibility index (Phi) is 6.57. The molecule has 2 heterocycles. The predicted octanol–water partition coefficient (Wildman–Crippen LogP) is 6.60. The minimum Gasteiger partial charge on any atom is -0.428 e. The summed E-state index contributed by atoms with van der Waals surface area (Å²) < 4.78 is 40.3. The Labute approximate surface area is 206 Å². The second kappa shape index (κ2) is 9.51. The van der Waals surface area contributed by atoms with Crippen molar-refractivity contribution in [2.45, 2.75) is 56.5 Å². The first-order valence-electron chi connectivity index (χ1n) is 12.2. The summed E-state index contributed by atoms with van der Waals surface area (Å²) in [6.45, 7) is 3.16. The van der Waals surface area contributed by atoms with Gasteiger partial charge < -0.3 is 10.1 Å². The number of rotatable bonds is 5. The lowest BCUT2D eigenvalue weighted by atomic mass is 9.74. The van der Waals surface area contributed by atoms with Crippen molar-refractivity contribution in [2.24, 2.45) is 0 Å². The van der Waals surface area contributed by atoms with E-state index < -0.39 is 11.7 Å². The Morgan fingerprint density at radius 3 is 2.46 bits per heavy atom. The van der Waals surface area contributed by atoms with Crippen LogP contribution in [0.4, 0.5) is 13.2 Å². The van der Waals surface area contributed by atoms with E-state index >= 15 is 0 Å². The van der Waals surface area contributed by atoms with Gasteiger partial charge in [-0.15, -0.1) is 0 Å². The Morgan fingerprint density at radius 1 is 1.06 bits per heavy atom. The van der Waals surface area contributed by atoms with Crippen molar-refractivity contribution in [1.29, 1.82) is 0 Å². The predicted molar refractivity (Wildman–Crippen MR) is 131 cm³/mol. The standard InChI is InChI=1S/C27H28ClF3N2O2/c28-21-9-10-23-22(16-21)26(34)25-18(4-3-13-32-11-1-2-12-32)14-19(15-24(25)33(23)35)17-5-7-20(8-6-17)27(29,30)31/h5-10,16,18-19,35H,1-4,11-15H2. The van der Waals surface area contributed by atoms with E-state index in [2.05, 4.69) is 4.90 Å². The number of alkyl halides is 3. The Hall–Kier alpha value is -2.51. The highest BCUT2D eigenvalue weighted by molar-refractivity contribution is 6.31. The van der Waals surface area contributed by atoms with E-state index in [4.69, 9.17) is 11.6 Å². The van der Waals surface area contributed by atoms with Gasteiger partial charge in [-0.1, -0.05) is 23.7 Å². The molecule has 1 saturated heterocycles. The lowest BCUT2D eigenvalue weighted by molar-refractivity contribution is -0.137. The largest absolute Gasteiger partial charge is 0.428 e. The molecule has 0 spiro atoms. The van der Waals surface area contributed by atoms with Gasteiger partial charge in [-0.25, -0.2) is 0 Å². The fourth-order valence-electron chi connectivity index (χ4n) is 5.83. The summed E-state index contributed by atoms with van der Waals surface area (Å²) in [6, 6.07) is 10.1. The molecule has 1 N–H and O–H groups in total. The van der Waals surface area contributed by atoms with Gasteiger partial charge in [-0.3, -0.25) is 4.79 Å². The maximum absolute atomic E-state index is 13.6.